The monoisotopic (exact) mass is 456 g/mol. The first-order valence-electron chi connectivity index (χ1n) is 7.11. The lowest BCUT2D eigenvalue weighted by Gasteiger charge is -2.07. The van der Waals surface area contributed by atoms with E-state index in [0.29, 0.717) is 31.1 Å². The Morgan fingerprint density at radius 2 is 2.04 bits per heavy atom. The van der Waals surface area contributed by atoms with E-state index in [9.17, 15) is 4.79 Å². The molecule has 0 unspecified atom stereocenters. The van der Waals surface area contributed by atoms with Crippen LogP contribution in [0.25, 0.3) is 11.3 Å². The second-order valence-corrected chi connectivity index (χ2v) is 7.49. The molecule has 2 aromatic carbocycles. The first-order valence-corrected chi connectivity index (χ1v) is 9.54. The molecule has 0 saturated heterocycles. The SMILES string of the molecule is O=C(COc1ccc(Cl)cc1Br)Nc1nc(-c2ccccc2Cl)cs1. The molecule has 0 spiro atoms. The maximum atomic E-state index is 12.0. The Kier molecular flexibility index (Phi) is 5.96. The molecule has 1 amide bonds. The molecule has 1 aromatic heterocycles. The van der Waals surface area contributed by atoms with Gasteiger partial charge in [-0.15, -0.1) is 11.3 Å². The third-order valence-corrected chi connectivity index (χ3v) is 5.10. The molecular formula is C17H11BrCl2N2O2S. The van der Waals surface area contributed by atoms with Gasteiger partial charge >= 0.3 is 0 Å². The molecule has 1 heterocycles. The highest BCUT2D eigenvalue weighted by Crippen LogP contribution is 2.30. The van der Waals surface area contributed by atoms with Gasteiger partial charge in [-0.05, 0) is 40.2 Å². The Labute approximate surface area is 166 Å². The van der Waals surface area contributed by atoms with Gasteiger partial charge in [-0.2, -0.15) is 0 Å². The van der Waals surface area contributed by atoms with Crippen LogP contribution in [-0.4, -0.2) is 17.5 Å². The number of amides is 1. The van der Waals surface area contributed by atoms with E-state index in [1.165, 1.54) is 11.3 Å². The number of hydrogen-bond donors (Lipinski definition) is 1. The molecular weight excluding hydrogens is 447 g/mol. The van der Waals surface area contributed by atoms with Crippen molar-refractivity contribution in [3.8, 4) is 17.0 Å². The minimum Gasteiger partial charge on any atom is -0.483 e. The van der Waals surface area contributed by atoms with E-state index < -0.39 is 0 Å². The zero-order valence-corrected chi connectivity index (χ0v) is 16.5. The average molecular weight is 458 g/mol. The van der Waals surface area contributed by atoms with Gasteiger partial charge < -0.3 is 4.74 Å². The fourth-order valence-electron chi connectivity index (χ4n) is 2.01. The topological polar surface area (TPSA) is 51.2 Å². The van der Waals surface area contributed by atoms with E-state index in [0.717, 1.165) is 5.56 Å². The third-order valence-electron chi connectivity index (χ3n) is 3.15. The number of nitrogens with zero attached hydrogens (tertiary/aromatic N) is 1. The van der Waals surface area contributed by atoms with Crippen LogP contribution in [0.5, 0.6) is 5.75 Å². The number of aromatic nitrogens is 1. The van der Waals surface area contributed by atoms with Crippen LogP contribution in [0.4, 0.5) is 5.13 Å². The Morgan fingerprint density at radius 1 is 1.24 bits per heavy atom. The molecule has 0 aliphatic carbocycles. The van der Waals surface area contributed by atoms with Gasteiger partial charge in [0.25, 0.3) is 5.91 Å². The average Bonchev–Trinajstić information content (AvgIpc) is 3.02. The number of rotatable bonds is 5. The van der Waals surface area contributed by atoms with Crippen molar-refractivity contribution in [2.45, 2.75) is 0 Å². The highest BCUT2D eigenvalue weighted by Gasteiger charge is 2.11. The molecule has 0 radical (unpaired) electrons. The summed E-state index contributed by atoms with van der Waals surface area (Å²) < 4.78 is 6.16. The summed E-state index contributed by atoms with van der Waals surface area (Å²) in [4.78, 5) is 16.4. The molecule has 25 heavy (non-hydrogen) atoms. The third kappa shape index (κ3) is 4.73. The molecule has 0 aliphatic heterocycles. The summed E-state index contributed by atoms with van der Waals surface area (Å²) in [6, 6.07) is 12.5. The summed E-state index contributed by atoms with van der Waals surface area (Å²) in [7, 11) is 0. The van der Waals surface area contributed by atoms with E-state index in [-0.39, 0.29) is 12.5 Å². The number of benzene rings is 2. The van der Waals surface area contributed by atoms with Gasteiger partial charge in [-0.3, -0.25) is 10.1 Å². The van der Waals surface area contributed by atoms with Crippen LogP contribution in [0, 0.1) is 0 Å². The Hall–Kier alpha value is -1.60. The summed E-state index contributed by atoms with van der Waals surface area (Å²) in [6.07, 6.45) is 0. The molecule has 3 aromatic rings. The fraction of sp³-hybridized carbons (Fsp3) is 0.0588. The number of halogens is 3. The van der Waals surface area contributed by atoms with Crippen molar-refractivity contribution in [3.05, 3.63) is 62.4 Å². The Balaban J connectivity index is 1.61. The molecule has 4 nitrogen and oxygen atoms in total. The Bertz CT molecular complexity index is 917. The van der Waals surface area contributed by atoms with Crippen LogP contribution >= 0.6 is 50.5 Å². The van der Waals surface area contributed by atoms with E-state index >= 15 is 0 Å². The highest BCUT2D eigenvalue weighted by molar-refractivity contribution is 9.10. The zero-order chi connectivity index (χ0) is 17.8. The zero-order valence-electron chi connectivity index (χ0n) is 12.6. The maximum absolute atomic E-state index is 12.0. The van der Waals surface area contributed by atoms with E-state index in [4.69, 9.17) is 27.9 Å². The van der Waals surface area contributed by atoms with Crippen LogP contribution in [-0.2, 0) is 4.79 Å². The van der Waals surface area contributed by atoms with Crippen LogP contribution in [0.2, 0.25) is 10.0 Å². The number of carbonyl (C=O) groups is 1. The van der Waals surface area contributed by atoms with Crippen molar-refractivity contribution < 1.29 is 9.53 Å². The molecule has 0 aliphatic rings. The summed E-state index contributed by atoms with van der Waals surface area (Å²) >= 11 is 16.7. The van der Waals surface area contributed by atoms with Crippen molar-refractivity contribution in [1.82, 2.24) is 4.98 Å². The van der Waals surface area contributed by atoms with Gasteiger partial charge in [0.05, 0.1) is 10.2 Å². The largest absolute Gasteiger partial charge is 0.483 e. The lowest BCUT2D eigenvalue weighted by atomic mass is 10.2. The van der Waals surface area contributed by atoms with Crippen molar-refractivity contribution in [2.24, 2.45) is 0 Å². The predicted molar refractivity (Wildman–Crippen MR) is 106 cm³/mol. The van der Waals surface area contributed by atoms with Gasteiger partial charge in [0.1, 0.15) is 5.75 Å². The highest BCUT2D eigenvalue weighted by atomic mass is 79.9. The van der Waals surface area contributed by atoms with Crippen molar-refractivity contribution in [1.29, 1.82) is 0 Å². The van der Waals surface area contributed by atoms with Crippen LogP contribution in [0.15, 0.2) is 52.3 Å². The van der Waals surface area contributed by atoms with Gasteiger partial charge in [-0.1, -0.05) is 41.4 Å². The molecule has 128 valence electrons. The normalized spacial score (nSPS) is 10.5. The summed E-state index contributed by atoms with van der Waals surface area (Å²) in [5.74, 6) is 0.234. The summed E-state index contributed by atoms with van der Waals surface area (Å²) in [5.41, 5.74) is 1.54. The number of carbonyl (C=O) groups excluding carboxylic acids is 1. The number of thiazole rings is 1. The van der Waals surface area contributed by atoms with Crippen LogP contribution < -0.4 is 10.1 Å². The number of ether oxygens (including phenoxy) is 1. The fourth-order valence-corrected chi connectivity index (χ4v) is 3.77. The number of nitrogens with one attached hydrogen (secondary N) is 1. The predicted octanol–water partition coefficient (Wildman–Crippen LogP) is 5.90. The second kappa shape index (κ2) is 8.19. The minimum atomic E-state index is -0.304. The second-order valence-electron chi connectivity index (χ2n) is 4.93. The van der Waals surface area contributed by atoms with Crippen molar-refractivity contribution in [2.75, 3.05) is 11.9 Å². The first-order chi connectivity index (χ1) is 12.0. The van der Waals surface area contributed by atoms with Crippen LogP contribution in [0.1, 0.15) is 0 Å². The molecule has 0 bridgehead atoms. The van der Waals surface area contributed by atoms with Gasteiger partial charge in [0.2, 0.25) is 0 Å². The maximum Gasteiger partial charge on any atom is 0.264 e. The molecule has 3 rings (SSSR count). The molecule has 0 fully saturated rings. The van der Waals surface area contributed by atoms with E-state index in [1.807, 2.05) is 23.6 Å². The van der Waals surface area contributed by atoms with Crippen LogP contribution in [0.3, 0.4) is 0 Å². The number of hydrogen-bond acceptors (Lipinski definition) is 4. The lowest BCUT2D eigenvalue weighted by Crippen LogP contribution is -2.20. The Morgan fingerprint density at radius 3 is 2.80 bits per heavy atom. The lowest BCUT2D eigenvalue weighted by molar-refractivity contribution is -0.118. The van der Waals surface area contributed by atoms with Crippen molar-refractivity contribution in [3.63, 3.8) is 0 Å². The van der Waals surface area contributed by atoms with Gasteiger partial charge in [-0.25, -0.2) is 4.98 Å². The first kappa shape index (κ1) is 18.2. The molecule has 0 saturated carbocycles. The standard InChI is InChI=1S/C17H11BrCl2N2O2S/c18-12-7-10(19)5-6-15(12)24-8-16(23)22-17-21-14(9-25-17)11-3-1-2-4-13(11)20/h1-7,9H,8H2,(H,21,22,23). The summed E-state index contributed by atoms with van der Waals surface area (Å²) in [6.45, 7) is -0.138. The van der Waals surface area contributed by atoms with Gasteiger partial charge in [0, 0.05) is 21.0 Å². The molecule has 1 N–H and O–H groups in total. The minimum absolute atomic E-state index is 0.138. The van der Waals surface area contributed by atoms with Gasteiger partial charge in [0.15, 0.2) is 11.7 Å². The number of anilines is 1. The van der Waals surface area contributed by atoms with E-state index in [2.05, 4.69) is 26.2 Å². The smallest absolute Gasteiger partial charge is 0.264 e. The molecule has 0 atom stereocenters. The molecule has 8 heteroatoms. The quantitative estimate of drug-likeness (QED) is 0.519. The summed E-state index contributed by atoms with van der Waals surface area (Å²) in [5, 5.41) is 6.23. The van der Waals surface area contributed by atoms with E-state index in [1.54, 1.807) is 24.3 Å². The van der Waals surface area contributed by atoms with Crippen molar-refractivity contribution >= 4 is 61.5 Å².